The second-order valence-electron chi connectivity index (χ2n) is 14.3. The van der Waals surface area contributed by atoms with Crippen LogP contribution in [0.25, 0.3) is 85.8 Å². The van der Waals surface area contributed by atoms with Gasteiger partial charge in [-0.05, 0) is 46.7 Å². The van der Waals surface area contributed by atoms with E-state index in [-0.39, 0.29) is 6.17 Å². The van der Waals surface area contributed by atoms with E-state index < -0.39 is 0 Å². The molecule has 5 nitrogen and oxygen atoms in total. The molecule has 0 saturated heterocycles. The van der Waals surface area contributed by atoms with Crippen LogP contribution in [0.1, 0.15) is 22.9 Å². The highest BCUT2D eigenvalue weighted by atomic mass is 32.1. The van der Waals surface area contributed by atoms with Crippen molar-refractivity contribution >= 4 is 97.6 Å². The molecule has 0 aliphatic carbocycles. The molecule has 12 rings (SSSR count). The molecule has 4 heterocycles. The summed E-state index contributed by atoms with van der Waals surface area (Å²) in [6, 6.07) is 59.6. The van der Waals surface area contributed by atoms with Gasteiger partial charge in [-0.25, -0.2) is 15.0 Å². The first kappa shape index (κ1) is 31.2. The van der Waals surface area contributed by atoms with Crippen LogP contribution >= 0.6 is 11.3 Å². The molecule has 8 aromatic carbocycles. The van der Waals surface area contributed by atoms with Crippen molar-refractivity contribution < 1.29 is 4.42 Å². The molecule has 0 bridgehead atoms. The van der Waals surface area contributed by atoms with Gasteiger partial charge < -0.3 is 9.73 Å². The second kappa shape index (κ2) is 12.2. The maximum Gasteiger partial charge on any atom is 0.160 e. The lowest BCUT2D eigenvalue weighted by Gasteiger charge is -2.24. The summed E-state index contributed by atoms with van der Waals surface area (Å²) in [6.07, 6.45) is -0.380. The topological polar surface area (TPSA) is 62.8 Å². The fourth-order valence-electron chi connectivity index (χ4n) is 8.50. The zero-order valence-corrected chi connectivity index (χ0v) is 30.7. The number of fused-ring (bicyclic) bond motifs is 11. The van der Waals surface area contributed by atoms with Crippen molar-refractivity contribution in [3.63, 3.8) is 0 Å². The maximum absolute atomic E-state index is 7.11. The number of benzene rings is 8. The Morgan fingerprint density at radius 3 is 2.12 bits per heavy atom. The van der Waals surface area contributed by atoms with Crippen LogP contribution in [-0.4, -0.2) is 16.7 Å². The van der Waals surface area contributed by atoms with Gasteiger partial charge in [-0.2, -0.15) is 0 Å². The number of hydrogen-bond acceptors (Lipinski definition) is 6. The van der Waals surface area contributed by atoms with E-state index in [2.05, 4.69) is 163 Å². The summed E-state index contributed by atoms with van der Waals surface area (Å²) >= 11 is 1.82. The number of thiophene rings is 1. The van der Waals surface area contributed by atoms with E-state index >= 15 is 0 Å². The van der Waals surface area contributed by atoms with Crippen LogP contribution in [-0.2, 0) is 0 Å². The first-order valence-corrected chi connectivity index (χ1v) is 19.6. The number of amidine groups is 2. The molecule has 6 heteroatoms. The van der Waals surface area contributed by atoms with Gasteiger partial charge in [0.25, 0.3) is 0 Å². The quantitative estimate of drug-likeness (QED) is 0.183. The second-order valence-corrected chi connectivity index (χ2v) is 15.4. The monoisotopic (exact) mass is 734 g/mol. The first-order valence-electron chi connectivity index (χ1n) is 18.8. The molecule has 11 aromatic rings. The number of aromatic nitrogens is 1. The van der Waals surface area contributed by atoms with Crippen molar-refractivity contribution in [2.75, 3.05) is 0 Å². The van der Waals surface area contributed by atoms with Crippen molar-refractivity contribution in [2.24, 2.45) is 9.98 Å². The van der Waals surface area contributed by atoms with Crippen LogP contribution in [0, 0.1) is 0 Å². The minimum atomic E-state index is -0.380. The molecule has 1 N–H and O–H groups in total. The number of furan rings is 1. The summed E-state index contributed by atoms with van der Waals surface area (Å²) in [4.78, 5) is 15.8. The van der Waals surface area contributed by atoms with Crippen molar-refractivity contribution in [3.8, 4) is 11.3 Å². The van der Waals surface area contributed by atoms with Gasteiger partial charge in [-0.15, -0.1) is 11.3 Å². The standard InChI is InChI=1S/C50H30N4OS/c1-2-13-30(14-3-1)45-39-27-26-36-35-19-11-21-40(46(35)55-47(36)44(39)38-18-6-8-22-41(38)51-45)50-53-48(31-24-25-34-33-17-7-9-23-42(33)56-43(34)28-31)52-49(54-50)37-20-10-15-29-12-4-5-16-32(29)37/h1-28,48H,(H,52,53,54). The number of para-hydroxylation sites is 2. The van der Waals surface area contributed by atoms with Crippen LogP contribution in [0.2, 0.25) is 0 Å². The Morgan fingerprint density at radius 1 is 0.518 bits per heavy atom. The van der Waals surface area contributed by atoms with Crippen LogP contribution in [0.15, 0.2) is 184 Å². The van der Waals surface area contributed by atoms with Crippen LogP contribution in [0.5, 0.6) is 0 Å². The zero-order chi connectivity index (χ0) is 36.7. The van der Waals surface area contributed by atoms with E-state index in [0.717, 1.165) is 88.2 Å². The highest BCUT2D eigenvalue weighted by Gasteiger charge is 2.26. The minimum Gasteiger partial charge on any atom is -0.455 e. The number of nitrogens with one attached hydrogen (secondary N) is 1. The fraction of sp³-hybridized carbons (Fsp3) is 0.0200. The normalized spacial score (nSPS) is 14.6. The number of rotatable bonds is 4. The molecule has 1 aliphatic heterocycles. The lowest BCUT2D eigenvalue weighted by Crippen LogP contribution is -2.33. The van der Waals surface area contributed by atoms with Gasteiger partial charge in [0.1, 0.15) is 23.2 Å². The van der Waals surface area contributed by atoms with Crippen molar-refractivity contribution in [1.29, 1.82) is 0 Å². The van der Waals surface area contributed by atoms with Crippen LogP contribution in [0.3, 0.4) is 0 Å². The summed E-state index contributed by atoms with van der Waals surface area (Å²) in [5.41, 5.74) is 7.51. The average molecular weight is 735 g/mol. The lowest BCUT2D eigenvalue weighted by atomic mass is 9.97. The van der Waals surface area contributed by atoms with Crippen molar-refractivity contribution in [2.45, 2.75) is 6.17 Å². The lowest BCUT2D eigenvalue weighted by molar-refractivity contribution is 0.662. The summed E-state index contributed by atoms with van der Waals surface area (Å²) in [5, 5.41) is 13.8. The molecular weight excluding hydrogens is 705 g/mol. The predicted molar refractivity (Wildman–Crippen MR) is 234 cm³/mol. The Hall–Kier alpha value is -7.15. The third-order valence-electron chi connectivity index (χ3n) is 11.1. The Labute approximate surface area is 324 Å². The van der Waals surface area contributed by atoms with E-state index in [1.54, 1.807) is 0 Å². The zero-order valence-electron chi connectivity index (χ0n) is 29.9. The molecule has 0 amide bonds. The van der Waals surface area contributed by atoms with Gasteiger partial charge in [0.05, 0.1) is 16.8 Å². The van der Waals surface area contributed by atoms with Crippen LogP contribution in [0.4, 0.5) is 0 Å². The number of aliphatic imine (C=N–C) groups is 2. The molecule has 1 unspecified atom stereocenters. The van der Waals surface area contributed by atoms with Crippen LogP contribution < -0.4 is 5.32 Å². The summed E-state index contributed by atoms with van der Waals surface area (Å²) in [6.45, 7) is 0. The Bertz CT molecular complexity index is 3460. The minimum absolute atomic E-state index is 0.380. The highest BCUT2D eigenvalue weighted by molar-refractivity contribution is 7.25. The van der Waals surface area contributed by atoms with E-state index in [0.29, 0.717) is 5.84 Å². The summed E-state index contributed by atoms with van der Waals surface area (Å²) < 4.78 is 9.62. The molecule has 262 valence electrons. The van der Waals surface area contributed by atoms with E-state index in [4.69, 9.17) is 19.4 Å². The third kappa shape index (κ3) is 4.76. The third-order valence-corrected chi connectivity index (χ3v) is 12.3. The SMILES string of the molecule is c1ccc(-c2nc3ccccc3c3c2ccc2c4cccc(C5=NC(c6cccc7ccccc67)=NC(c6ccc7c(c6)sc6ccccc67)N5)c4oc23)cc1. The molecule has 3 aromatic heterocycles. The van der Waals surface area contributed by atoms with Gasteiger partial charge in [-0.1, -0.05) is 140 Å². The van der Waals surface area contributed by atoms with E-state index in [1.165, 1.54) is 20.2 Å². The van der Waals surface area contributed by atoms with Gasteiger partial charge in [0, 0.05) is 58.2 Å². The molecule has 0 radical (unpaired) electrons. The van der Waals surface area contributed by atoms with Gasteiger partial charge in [0.15, 0.2) is 5.84 Å². The number of nitrogens with zero attached hydrogens (tertiary/aromatic N) is 3. The molecule has 0 fully saturated rings. The maximum atomic E-state index is 7.11. The number of pyridine rings is 1. The highest BCUT2D eigenvalue weighted by Crippen LogP contribution is 2.42. The largest absolute Gasteiger partial charge is 0.455 e. The van der Waals surface area contributed by atoms with Gasteiger partial charge in [0.2, 0.25) is 0 Å². The summed E-state index contributed by atoms with van der Waals surface area (Å²) in [7, 11) is 0. The molecule has 1 atom stereocenters. The molecule has 56 heavy (non-hydrogen) atoms. The van der Waals surface area contributed by atoms with Crippen molar-refractivity contribution in [1.82, 2.24) is 10.3 Å². The number of hydrogen-bond donors (Lipinski definition) is 1. The molecule has 0 spiro atoms. The van der Waals surface area contributed by atoms with E-state index in [9.17, 15) is 0 Å². The smallest absolute Gasteiger partial charge is 0.160 e. The Morgan fingerprint density at radius 2 is 1.20 bits per heavy atom. The molecule has 0 saturated carbocycles. The Kier molecular flexibility index (Phi) is 6.79. The summed E-state index contributed by atoms with van der Waals surface area (Å²) in [5.74, 6) is 1.40. The fourth-order valence-corrected chi connectivity index (χ4v) is 9.66. The van der Waals surface area contributed by atoms with Gasteiger partial charge >= 0.3 is 0 Å². The first-order chi connectivity index (χ1) is 27.7. The molecule has 1 aliphatic rings. The Balaban J connectivity index is 1.08. The van der Waals surface area contributed by atoms with Crippen molar-refractivity contribution in [3.05, 3.63) is 187 Å². The van der Waals surface area contributed by atoms with Gasteiger partial charge in [-0.3, -0.25) is 0 Å². The van der Waals surface area contributed by atoms with E-state index in [1.807, 2.05) is 23.5 Å². The average Bonchev–Trinajstić information content (AvgIpc) is 3.84. The molecular formula is C50H30N4OS. The predicted octanol–water partition coefficient (Wildman–Crippen LogP) is 13.0.